The average molecular weight is 392 g/mol. The van der Waals surface area contributed by atoms with Gasteiger partial charge in [0.25, 0.3) is 0 Å². The van der Waals surface area contributed by atoms with E-state index in [2.05, 4.69) is 41.3 Å². The van der Waals surface area contributed by atoms with Gasteiger partial charge in [-0.1, -0.05) is 26.7 Å². The quantitative estimate of drug-likeness (QED) is 0.342. The van der Waals surface area contributed by atoms with Crippen molar-refractivity contribution in [3.05, 3.63) is 24.5 Å². The molecule has 0 aromatic carbocycles. The number of ether oxygens (including phenoxy) is 2. The second kappa shape index (κ2) is 13.3. The number of nitrogens with zero attached hydrogens (tertiary/aromatic N) is 3. The maximum atomic E-state index is 5.70. The molecule has 1 aromatic rings. The van der Waals surface area contributed by atoms with Crippen LogP contribution in [-0.4, -0.2) is 74.4 Å². The first kappa shape index (κ1) is 22.4. The summed E-state index contributed by atoms with van der Waals surface area (Å²) in [5, 5.41) is 6.72. The highest BCUT2D eigenvalue weighted by Gasteiger charge is 2.26. The van der Waals surface area contributed by atoms with E-state index in [9.17, 15) is 0 Å². The molecule has 158 valence electrons. The minimum absolute atomic E-state index is 0.459. The Morgan fingerprint density at radius 3 is 2.68 bits per heavy atom. The van der Waals surface area contributed by atoms with Gasteiger partial charge < -0.3 is 20.1 Å². The summed E-state index contributed by atoms with van der Waals surface area (Å²) in [5.41, 5.74) is 0. The second-order valence-electron chi connectivity index (χ2n) is 6.98. The Morgan fingerprint density at radius 2 is 2.04 bits per heavy atom. The molecule has 7 nitrogen and oxygen atoms in total. The summed E-state index contributed by atoms with van der Waals surface area (Å²) in [5.74, 6) is 2.28. The third-order valence-electron chi connectivity index (χ3n) is 5.19. The topological polar surface area (TPSA) is 71.0 Å². The van der Waals surface area contributed by atoms with Crippen LogP contribution in [0.1, 0.15) is 33.6 Å². The van der Waals surface area contributed by atoms with Crippen molar-refractivity contribution in [1.29, 1.82) is 0 Å². The van der Waals surface area contributed by atoms with Gasteiger partial charge in [-0.2, -0.15) is 0 Å². The van der Waals surface area contributed by atoms with Gasteiger partial charge in [0.2, 0.25) is 0 Å². The van der Waals surface area contributed by atoms with Gasteiger partial charge in [-0.05, 0) is 25.0 Å². The molecule has 7 heteroatoms. The Kier molecular flexibility index (Phi) is 10.7. The molecule has 2 heterocycles. The summed E-state index contributed by atoms with van der Waals surface area (Å²) < 4.78 is 11.2. The molecule has 2 N–H and O–H groups in total. The molecule has 0 bridgehead atoms. The van der Waals surface area contributed by atoms with Gasteiger partial charge in [0.1, 0.15) is 12.4 Å². The molecular weight excluding hydrogens is 354 g/mol. The molecule has 1 fully saturated rings. The number of aliphatic imine (C=N–C) groups is 1. The van der Waals surface area contributed by atoms with Crippen LogP contribution in [0.25, 0.3) is 0 Å². The van der Waals surface area contributed by atoms with Gasteiger partial charge in [-0.25, -0.2) is 0 Å². The van der Waals surface area contributed by atoms with Gasteiger partial charge in [0.05, 0.1) is 32.5 Å². The first-order valence-electron chi connectivity index (χ1n) is 10.6. The van der Waals surface area contributed by atoms with E-state index in [4.69, 9.17) is 14.5 Å². The highest BCUT2D eigenvalue weighted by molar-refractivity contribution is 5.79. The Hall–Kier alpha value is -1.86. The molecule has 1 aromatic heterocycles. The lowest BCUT2D eigenvalue weighted by molar-refractivity contribution is 0.00395. The number of nitrogens with one attached hydrogen (secondary N) is 2. The smallest absolute Gasteiger partial charge is 0.191 e. The summed E-state index contributed by atoms with van der Waals surface area (Å²) in [7, 11) is 0. The Morgan fingerprint density at radius 1 is 1.25 bits per heavy atom. The number of rotatable bonds is 11. The number of hydrogen-bond acceptors (Lipinski definition) is 5. The molecule has 0 radical (unpaired) electrons. The van der Waals surface area contributed by atoms with Crippen LogP contribution in [0.4, 0.5) is 0 Å². The van der Waals surface area contributed by atoms with Crippen molar-refractivity contribution in [2.75, 3.05) is 52.5 Å². The van der Waals surface area contributed by atoms with Crippen molar-refractivity contribution in [2.24, 2.45) is 10.9 Å². The van der Waals surface area contributed by atoms with Crippen LogP contribution in [0.3, 0.4) is 0 Å². The van der Waals surface area contributed by atoms with Gasteiger partial charge in [-0.3, -0.25) is 14.9 Å². The molecule has 1 saturated heterocycles. The zero-order chi connectivity index (χ0) is 20.0. The van der Waals surface area contributed by atoms with Crippen LogP contribution < -0.4 is 15.4 Å². The Labute approximate surface area is 169 Å². The highest BCUT2D eigenvalue weighted by Crippen LogP contribution is 2.20. The fourth-order valence-electron chi connectivity index (χ4n) is 3.60. The van der Waals surface area contributed by atoms with Gasteiger partial charge in [0.15, 0.2) is 5.96 Å². The van der Waals surface area contributed by atoms with Crippen LogP contribution in [0.2, 0.25) is 0 Å². The van der Waals surface area contributed by atoms with Crippen LogP contribution in [0.15, 0.2) is 29.5 Å². The Balaban J connectivity index is 1.89. The molecule has 0 saturated carbocycles. The largest absolute Gasteiger partial charge is 0.490 e. The zero-order valence-corrected chi connectivity index (χ0v) is 17.7. The minimum Gasteiger partial charge on any atom is -0.490 e. The average Bonchev–Trinajstić information content (AvgIpc) is 2.75. The molecule has 1 aliphatic heterocycles. The molecule has 1 unspecified atom stereocenters. The van der Waals surface area contributed by atoms with E-state index < -0.39 is 0 Å². The highest BCUT2D eigenvalue weighted by atomic mass is 16.5. The van der Waals surface area contributed by atoms with Gasteiger partial charge in [0, 0.05) is 31.9 Å². The SMILES string of the molecule is CCNC(=NCC(C(CC)CC)N1CCOCC1)NCCOc1cccnc1. The van der Waals surface area contributed by atoms with Crippen molar-refractivity contribution in [3.8, 4) is 5.75 Å². The lowest BCUT2D eigenvalue weighted by atomic mass is 9.92. The Bertz CT molecular complexity index is 545. The number of aromatic nitrogens is 1. The minimum atomic E-state index is 0.459. The summed E-state index contributed by atoms with van der Waals surface area (Å²) in [6, 6.07) is 4.24. The van der Waals surface area contributed by atoms with E-state index in [-0.39, 0.29) is 0 Å². The van der Waals surface area contributed by atoms with Gasteiger partial charge >= 0.3 is 0 Å². The molecule has 0 amide bonds. The molecule has 28 heavy (non-hydrogen) atoms. The van der Waals surface area contributed by atoms with Crippen molar-refractivity contribution < 1.29 is 9.47 Å². The van der Waals surface area contributed by atoms with E-state index in [1.54, 1.807) is 12.4 Å². The molecule has 0 spiro atoms. The summed E-state index contributed by atoms with van der Waals surface area (Å²) in [6.07, 6.45) is 5.82. The fourth-order valence-corrected chi connectivity index (χ4v) is 3.60. The van der Waals surface area contributed by atoms with Crippen molar-refractivity contribution in [3.63, 3.8) is 0 Å². The normalized spacial score (nSPS) is 16.8. The maximum Gasteiger partial charge on any atom is 0.191 e. The second-order valence-corrected chi connectivity index (χ2v) is 6.98. The first-order chi connectivity index (χ1) is 13.8. The summed E-state index contributed by atoms with van der Waals surface area (Å²) >= 11 is 0. The zero-order valence-electron chi connectivity index (χ0n) is 17.7. The van der Waals surface area contributed by atoms with Crippen LogP contribution >= 0.6 is 0 Å². The van der Waals surface area contributed by atoms with E-state index >= 15 is 0 Å². The van der Waals surface area contributed by atoms with E-state index in [0.29, 0.717) is 25.1 Å². The van der Waals surface area contributed by atoms with Crippen molar-refractivity contribution in [2.45, 2.75) is 39.7 Å². The van der Waals surface area contributed by atoms with Crippen molar-refractivity contribution >= 4 is 5.96 Å². The predicted octanol–water partition coefficient (Wildman–Crippen LogP) is 2.15. The molecule has 1 aliphatic rings. The molecular formula is C21H37N5O2. The fraction of sp³-hybridized carbons (Fsp3) is 0.714. The third kappa shape index (κ3) is 7.64. The first-order valence-corrected chi connectivity index (χ1v) is 10.6. The van der Waals surface area contributed by atoms with E-state index in [1.807, 2.05) is 12.1 Å². The third-order valence-corrected chi connectivity index (χ3v) is 5.19. The summed E-state index contributed by atoms with van der Waals surface area (Å²) in [4.78, 5) is 11.5. The number of morpholine rings is 1. The van der Waals surface area contributed by atoms with E-state index in [1.165, 1.54) is 12.8 Å². The monoisotopic (exact) mass is 391 g/mol. The van der Waals surface area contributed by atoms with E-state index in [0.717, 1.165) is 51.1 Å². The van der Waals surface area contributed by atoms with Crippen LogP contribution in [-0.2, 0) is 4.74 Å². The van der Waals surface area contributed by atoms with Crippen molar-refractivity contribution in [1.82, 2.24) is 20.5 Å². The lowest BCUT2D eigenvalue weighted by Gasteiger charge is -2.38. The lowest BCUT2D eigenvalue weighted by Crippen LogP contribution is -2.49. The number of hydrogen-bond donors (Lipinski definition) is 2. The van der Waals surface area contributed by atoms with Gasteiger partial charge in [-0.15, -0.1) is 0 Å². The number of guanidine groups is 1. The standard InChI is InChI=1S/C21H37N5O2/c1-4-18(5-2)20(26-11-14-27-15-12-26)17-25-21(23-6-3)24-10-13-28-19-8-7-9-22-16-19/h7-9,16,18,20H,4-6,10-15,17H2,1-3H3,(H2,23,24,25). The molecule has 0 aliphatic carbocycles. The number of pyridine rings is 1. The summed E-state index contributed by atoms with van der Waals surface area (Å²) in [6.45, 7) is 13.2. The predicted molar refractivity (Wildman–Crippen MR) is 114 cm³/mol. The molecule has 1 atom stereocenters. The van der Waals surface area contributed by atoms with Crippen LogP contribution in [0.5, 0.6) is 5.75 Å². The molecule has 2 rings (SSSR count). The van der Waals surface area contributed by atoms with Crippen LogP contribution in [0, 0.1) is 5.92 Å². The maximum absolute atomic E-state index is 5.70.